The van der Waals surface area contributed by atoms with Crippen molar-refractivity contribution in [2.24, 2.45) is 10.4 Å². The summed E-state index contributed by atoms with van der Waals surface area (Å²) in [5.41, 5.74) is -1.81. The molecule has 0 aliphatic rings. The van der Waals surface area contributed by atoms with Crippen LogP contribution in [-0.2, 0) is 4.79 Å². The highest BCUT2D eigenvalue weighted by Gasteiger charge is 2.27. The van der Waals surface area contributed by atoms with E-state index in [-0.39, 0.29) is 5.71 Å². The molecular weight excluding hydrogens is 178 g/mol. The van der Waals surface area contributed by atoms with Gasteiger partial charge in [-0.15, -0.1) is 0 Å². The van der Waals surface area contributed by atoms with Gasteiger partial charge in [0.05, 0.1) is 6.07 Å². The van der Waals surface area contributed by atoms with Crippen molar-refractivity contribution in [3.05, 3.63) is 0 Å². The van der Waals surface area contributed by atoms with Crippen molar-refractivity contribution in [1.29, 1.82) is 10.5 Å². The number of hydrogen-bond donors (Lipinski definition) is 0. The van der Waals surface area contributed by atoms with E-state index in [9.17, 15) is 4.79 Å². The van der Waals surface area contributed by atoms with Gasteiger partial charge < -0.3 is 4.79 Å². The molecule has 0 fully saturated rings. The molecule has 0 aromatic rings. The molecule has 0 amide bonds. The van der Waals surface area contributed by atoms with Crippen LogP contribution < -0.4 is 0 Å². The standard InChI is InChI=1S/C10H13N3O/c1-9(2,6-12)8(5-11)13-10(3,4)7-14/h7H,1-4H3/b13-8-. The number of aliphatic imine (C=N–C) groups is 1. The van der Waals surface area contributed by atoms with E-state index in [0.29, 0.717) is 6.29 Å². The number of nitrogens with zero attached hydrogens (tertiary/aromatic N) is 3. The normalized spacial score (nSPS) is 12.9. The first-order chi connectivity index (χ1) is 6.29. The first kappa shape index (κ1) is 12.3. The van der Waals surface area contributed by atoms with Gasteiger partial charge in [0.1, 0.15) is 29.0 Å². The molecule has 0 radical (unpaired) electrons. The lowest BCUT2D eigenvalue weighted by Gasteiger charge is -2.17. The summed E-state index contributed by atoms with van der Waals surface area (Å²) < 4.78 is 0. The van der Waals surface area contributed by atoms with Crippen molar-refractivity contribution in [3.63, 3.8) is 0 Å². The molecule has 0 aliphatic heterocycles. The van der Waals surface area contributed by atoms with Crippen molar-refractivity contribution in [2.45, 2.75) is 33.2 Å². The molecule has 0 spiro atoms. The van der Waals surface area contributed by atoms with Crippen LogP contribution in [0.15, 0.2) is 4.99 Å². The Bertz CT molecular complexity index is 339. The predicted molar refractivity (Wildman–Crippen MR) is 52.6 cm³/mol. The average Bonchev–Trinajstić information content (AvgIpc) is 2.14. The third-order valence-electron chi connectivity index (χ3n) is 1.67. The minimum Gasteiger partial charge on any atom is -0.301 e. The van der Waals surface area contributed by atoms with Crippen molar-refractivity contribution in [1.82, 2.24) is 0 Å². The highest BCUT2D eigenvalue weighted by atomic mass is 16.1. The summed E-state index contributed by atoms with van der Waals surface area (Å²) in [7, 11) is 0. The second kappa shape index (κ2) is 4.02. The van der Waals surface area contributed by atoms with E-state index in [1.807, 2.05) is 12.1 Å². The molecule has 0 aromatic carbocycles. The fraction of sp³-hybridized carbons (Fsp3) is 0.600. The summed E-state index contributed by atoms with van der Waals surface area (Å²) in [5, 5.41) is 17.6. The molecule has 4 nitrogen and oxygen atoms in total. The Morgan fingerprint density at radius 1 is 1.29 bits per heavy atom. The monoisotopic (exact) mass is 191 g/mol. The number of carbonyl (C=O) groups is 1. The van der Waals surface area contributed by atoms with E-state index in [0.717, 1.165) is 0 Å². The first-order valence-electron chi connectivity index (χ1n) is 4.17. The minimum absolute atomic E-state index is 0.0806. The molecule has 0 atom stereocenters. The Morgan fingerprint density at radius 2 is 1.79 bits per heavy atom. The van der Waals surface area contributed by atoms with Crippen molar-refractivity contribution in [2.75, 3.05) is 0 Å². The van der Waals surface area contributed by atoms with Gasteiger partial charge in [-0.25, -0.2) is 0 Å². The Hall–Kier alpha value is -1.68. The van der Waals surface area contributed by atoms with Gasteiger partial charge in [-0.1, -0.05) is 0 Å². The summed E-state index contributed by atoms with van der Waals surface area (Å²) >= 11 is 0. The average molecular weight is 191 g/mol. The Balaban J connectivity index is 5.26. The van der Waals surface area contributed by atoms with Gasteiger partial charge in [-0.2, -0.15) is 10.5 Å². The Labute approximate surface area is 83.9 Å². The summed E-state index contributed by atoms with van der Waals surface area (Å²) in [4.78, 5) is 14.5. The third-order valence-corrected chi connectivity index (χ3v) is 1.67. The molecular formula is C10H13N3O. The maximum absolute atomic E-state index is 10.6. The number of nitriles is 2. The van der Waals surface area contributed by atoms with Crippen molar-refractivity contribution < 1.29 is 4.79 Å². The zero-order valence-corrected chi connectivity index (χ0v) is 8.83. The number of aldehydes is 1. The molecule has 14 heavy (non-hydrogen) atoms. The largest absolute Gasteiger partial charge is 0.301 e. The van der Waals surface area contributed by atoms with Crippen LogP contribution >= 0.6 is 0 Å². The fourth-order valence-corrected chi connectivity index (χ4v) is 0.672. The molecule has 4 heteroatoms. The van der Waals surface area contributed by atoms with Gasteiger partial charge in [0, 0.05) is 0 Å². The summed E-state index contributed by atoms with van der Waals surface area (Å²) in [6, 6.07) is 3.82. The van der Waals surface area contributed by atoms with Crippen molar-refractivity contribution >= 4 is 12.0 Å². The van der Waals surface area contributed by atoms with Gasteiger partial charge in [0.15, 0.2) is 0 Å². The second-order valence-electron chi connectivity index (χ2n) is 4.08. The van der Waals surface area contributed by atoms with E-state index in [4.69, 9.17) is 10.5 Å². The van der Waals surface area contributed by atoms with Gasteiger partial charge in [0.2, 0.25) is 0 Å². The SMILES string of the molecule is CC(C)(C=O)/N=C(/C#N)C(C)(C)C#N. The summed E-state index contributed by atoms with van der Waals surface area (Å²) in [6.45, 7) is 6.36. The molecule has 0 heterocycles. The third kappa shape index (κ3) is 2.99. The fourth-order valence-electron chi connectivity index (χ4n) is 0.672. The maximum Gasteiger partial charge on any atom is 0.147 e. The van der Waals surface area contributed by atoms with Crippen LogP contribution in [-0.4, -0.2) is 17.5 Å². The molecule has 0 aliphatic carbocycles. The minimum atomic E-state index is -0.949. The molecule has 0 bridgehead atoms. The molecule has 74 valence electrons. The number of hydrogen-bond acceptors (Lipinski definition) is 4. The predicted octanol–water partition coefficient (Wildman–Crippen LogP) is 1.48. The lowest BCUT2D eigenvalue weighted by atomic mass is 9.89. The van der Waals surface area contributed by atoms with Gasteiger partial charge in [0.25, 0.3) is 0 Å². The zero-order valence-electron chi connectivity index (χ0n) is 8.83. The Morgan fingerprint density at radius 3 is 2.07 bits per heavy atom. The van der Waals surface area contributed by atoms with Gasteiger partial charge in [-0.05, 0) is 27.7 Å². The van der Waals surface area contributed by atoms with Gasteiger partial charge in [-0.3, -0.25) is 4.99 Å². The van der Waals surface area contributed by atoms with Crippen LogP contribution in [0.3, 0.4) is 0 Å². The molecule has 0 rings (SSSR count). The lowest BCUT2D eigenvalue weighted by molar-refractivity contribution is -0.111. The van der Waals surface area contributed by atoms with E-state index in [1.165, 1.54) is 0 Å². The molecule has 0 saturated heterocycles. The van der Waals surface area contributed by atoms with E-state index in [2.05, 4.69) is 4.99 Å². The molecule has 0 aromatic heterocycles. The molecule has 0 N–H and O–H groups in total. The van der Waals surface area contributed by atoms with E-state index in [1.54, 1.807) is 27.7 Å². The van der Waals surface area contributed by atoms with Crippen LogP contribution in [0.1, 0.15) is 27.7 Å². The smallest absolute Gasteiger partial charge is 0.147 e. The first-order valence-corrected chi connectivity index (χ1v) is 4.17. The molecule has 0 saturated carbocycles. The van der Waals surface area contributed by atoms with Crippen LogP contribution in [0.2, 0.25) is 0 Å². The van der Waals surface area contributed by atoms with Crippen LogP contribution in [0, 0.1) is 28.1 Å². The van der Waals surface area contributed by atoms with E-state index < -0.39 is 11.0 Å². The van der Waals surface area contributed by atoms with Crippen LogP contribution in [0.25, 0.3) is 0 Å². The highest BCUT2D eigenvalue weighted by molar-refractivity contribution is 6.05. The highest BCUT2D eigenvalue weighted by Crippen LogP contribution is 2.18. The van der Waals surface area contributed by atoms with Crippen LogP contribution in [0.5, 0.6) is 0 Å². The topological polar surface area (TPSA) is 77.0 Å². The van der Waals surface area contributed by atoms with Crippen LogP contribution in [0.4, 0.5) is 0 Å². The Kier molecular flexibility index (Phi) is 3.54. The maximum atomic E-state index is 10.6. The number of rotatable bonds is 3. The van der Waals surface area contributed by atoms with Crippen molar-refractivity contribution in [3.8, 4) is 12.1 Å². The molecule has 0 unspecified atom stereocenters. The van der Waals surface area contributed by atoms with Gasteiger partial charge >= 0.3 is 0 Å². The lowest BCUT2D eigenvalue weighted by Crippen LogP contribution is -2.27. The quantitative estimate of drug-likeness (QED) is 0.500. The number of carbonyl (C=O) groups excluding carboxylic acids is 1. The second-order valence-corrected chi connectivity index (χ2v) is 4.08. The van der Waals surface area contributed by atoms with E-state index >= 15 is 0 Å². The summed E-state index contributed by atoms with van der Waals surface area (Å²) in [6.07, 6.45) is 0.651. The zero-order chi connectivity index (χ0) is 11.4. The summed E-state index contributed by atoms with van der Waals surface area (Å²) in [5.74, 6) is 0.